The number of nitrogens with one attached hydrogen (secondary N) is 2. The van der Waals surface area contributed by atoms with Crippen LogP contribution < -0.4 is 10.6 Å². The first-order valence-electron chi connectivity index (χ1n) is 8.07. The van der Waals surface area contributed by atoms with E-state index in [1.807, 2.05) is 68.4 Å². The summed E-state index contributed by atoms with van der Waals surface area (Å²) in [5, 5.41) is 7.06. The quantitative estimate of drug-likeness (QED) is 0.748. The van der Waals surface area contributed by atoms with Crippen molar-refractivity contribution in [1.82, 2.24) is 15.3 Å². The molecule has 5 heteroatoms. The van der Waals surface area contributed by atoms with Crippen molar-refractivity contribution in [2.45, 2.75) is 26.3 Å². The number of anilines is 2. The lowest BCUT2D eigenvalue weighted by molar-refractivity contribution is 0.0929. The number of carbonyl (C=O) groups is 1. The highest BCUT2D eigenvalue weighted by atomic mass is 16.2. The number of carbonyl (C=O) groups excluding carboxylic acids is 1. The molecule has 0 bridgehead atoms. The van der Waals surface area contributed by atoms with E-state index in [0.717, 1.165) is 23.0 Å². The molecular formula is C19H20N4O. The summed E-state index contributed by atoms with van der Waals surface area (Å²) in [6, 6.07) is 17.5. The van der Waals surface area contributed by atoms with Crippen molar-refractivity contribution in [3.05, 3.63) is 60.4 Å². The summed E-state index contributed by atoms with van der Waals surface area (Å²) in [6.45, 7) is 3.98. The molecule has 122 valence electrons. The molecule has 0 spiro atoms. The SMILES string of the molecule is CC[C@H](C)NC(=O)c1nc(Nc2ccccc2)c2ccccc2n1. The van der Waals surface area contributed by atoms with Gasteiger partial charge in [0.2, 0.25) is 5.82 Å². The molecule has 0 unspecified atom stereocenters. The smallest absolute Gasteiger partial charge is 0.289 e. The minimum atomic E-state index is -0.258. The lowest BCUT2D eigenvalue weighted by Crippen LogP contribution is -2.33. The number of hydrogen-bond donors (Lipinski definition) is 2. The van der Waals surface area contributed by atoms with E-state index in [-0.39, 0.29) is 17.8 Å². The van der Waals surface area contributed by atoms with Crippen LogP contribution in [0, 0.1) is 0 Å². The third-order valence-electron chi connectivity index (χ3n) is 3.83. The molecule has 0 aliphatic heterocycles. The van der Waals surface area contributed by atoms with Gasteiger partial charge < -0.3 is 10.6 Å². The number of benzene rings is 2. The standard InChI is InChI=1S/C19H20N4O/c1-3-13(2)20-19(24)18-22-16-12-8-7-11-15(16)17(23-18)21-14-9-5-4-6-10-14/h4-13H,3H2,1-2H3,(H,20,24)(H,21,22,23)/t13-/m0/s1. The summed E-state index contributed by atoms with van der Waals surface area (Å²) in [7, 11) is 0. The van der Waals surface area contributed by atoms with Crippen molar-refractivity contribution >= 4 is 28.3 Å². The number of aromatic nitrogens is 2. The maximum atomic E-state index is 12.4. The largest absolute Gasteiger partial charge is 0.347 e. The van der Waals surface area contributed by atoms with Gasteiger partial charge in [0.25, 0.3) is 5.91 Å². The monoisotopic (exact) mass is 320 g/mol. The molecule has 3 rings (SSSR count). The van der Waals surface area contributed by atoms with E-state index in [2.05, 4.69) is 20.6 Å². The molecule has 5 nitrogen and oxygen atoms in total. The van der Waals surface area contributed by atoms with E-state index in [1.165, 1.54) is 0 Å². The summed E-state index contributed by atoms with van der Waals surface area (Å²) in [4.78, 5) is 21.2. The number of rotatable bonds is 5. The zero-order valence-corrected chi connectivity index (χ0v) is 13.8. The normalized spacial score (nSPS) is 11.9. The van der Waals surface area contributed by atoms with E-state index < -0.39 is 0 Å². The highest BCUT2D eigenvalue weighted by Gasteiger charge is 2.15. The van der Waals surface area contributed by atoms with Crippen LogP contribution in [0.25, 0.3) is 10.9 Å². The molecule has 3 aromatic rings. The Morgan fingerprint density at radius 2 is 1.75 bits per heavy atom. The van der Waals surface area contributed by atoms with Crippen LogP contribution in [0.1, 0.15) is 30.9 Å². The Labute approximate surface area is 141 Å². The van der Waals surface area contributed by atoms with Gasteiger partial charge in [0.15, 0.2) is 0 Å². The first kappa shape index (κ1) is 15.9. The molecular weight excluding hydrogens is 300 g/mol. The fourth-order valence-electron chi connectivity index (χ4n) is 2.32. The molecule has 2 aromatic carbocycles. The van der Waals surface area contributed by atoms with Gasteiger partial charge >= 0.3 is 0 Å². The van der Waals surface area contributed by atoms with Crippen molar-refractivity contribution in [2.75, 3.05) is 5.32 Å². The topological polar surface area (TPSA) is 66.9 Å². The second-order valence-corrected chi connectivity index (χ2v) is 5.69. The second kappa shape index (κ2) is 7.08. The minimum Gasteiger partial charge on any atom is -0.347 e. The Bertz CT molecular complexity index is 848. The average Bonchev–Trinajstić information content (AvgIpc) is 2.62. The van der Waals surface area contributed by atoms with Crippen molar-refractivity contribution in [3.63, 3.8) is 0 Å². The second-order valence-electron chi connectivity index (χ2n) is 5.69. The lowest BCUT2D eigenvalue weighted by atomic mass is 10.2. The summed E-state index contributed by atoms with van der Waals surface area (Å²) in [5.41, 5.74) is 1.65. The van der Waals surface area contributed by atoms with E-state index >= 15 is 0 Å². The molecule has 0 radical (unpaired) electrons. The minimum absolute atomic E-state index is 0.0816. The van der Waals surface area contributed by atoms with Crippen molar-refractivity contribution in [2.24, 2.45) is 0 Å². The van der Waals surface area contributed by atoms with E-state index in [9.17, 15) is 4.79 Å². The summed E-state index contributed by atoms with van der Waals surface area (Å²) in [6.07, 6.45) is 0.856. The number of hydrogen-bond acceptors (Lipinski definition) is 4. The Balaban J connectivity index is 2.01. The van der Waals surface area contributed by atoms with Gasteiger partial charge in [0, 0.05) is 17.1 Å². The van der Waals surface area contributed by atoms with Gasteiger partial charge in [-0.3, -0.25) is 4.79 Å². The summed E-state index contributed by atoms with van der Waals surface area (Å²) < 4.78 is 0. The van der Waals surface area contributed by atoms with Gasteiger partial charge in [0.05, 0.1) is 5.52 Å². The van der Waals surface area contributed by atoms with Crippen LogP contribution in [0.2, 0.25) is 0 Å². The highest BCUT2D eigenvalue weighted by molar-refractivity contribution is 5.97. The molecule has 0 aliphatic rings. The van der Waals surface area contributed by atoms with Gasteiger partial charge in [-0.2, -0.15) is 0 Å². The summed E-state index contributed by atoms with van der Waals surface area (Å²) in [5.74, 6) is 0.541. The van der Waals surface area contributed by atoms with Gasteiger partial charge in [0.1, 0.15) is 5.82 Å². The number of nitrogens with zero attached hydrogens (tertiary/aromatic N) is 2. The molecule has 0 saturated heterocycles. The van der Waals surface area contributed by atoms with Gasteiger partial charge in [-0.15, -0.1) is 0 Å². The Morgan fingerprint density at radius 3 is 2.50 bits per heavy atom. The van der Waals surface area contributed by atoms with Crippen LogP contribution in [-0.2, 0) is 0 Å². The molecule has 0 aliphatic carbocycles. The first-order valence-corrected chi connectivity index (χ1v) is 8.07. The van der Waals surface area contributed by atoms with E-state index in [0.29, 0.717) is 5.82 Å². The molecule has 1 atom stereocenters. The van der Waals surface area contributed by atoms with Crippen molar-refractivity contribution in [3.8, 4) is 0 Å². The van der Waals surface area contributed by atoms with Gasteiger partial charge in [-0.05, 0) is 37.6 Å². The lowest BCUT2D eigenvalue weighted by Gasteiger charge is -2.13. The van der Waals surface area contributed by atoms with Crippen LogP contribution in [0.15, 0.2) is 54.6 Å². The average molecular weight is 320 g/mol. The molecule has 1 amide bonds. The van der Waals surface area contributed by atoms with E-state index in [4.69, 9.17) is 0 Å². The predicted molar refractivity (Wildman–Crippen MR) is 96.5 cm³/mol. The highest BCUT2D eigenvalue weighted by Crippen LogP contribution is 2.23. The summed E-state index contributed by atoms with van der Waals surface area (Å²) >= 11 is 0. The van der Waals surface area contributed by atoms with Crippen LogP contribution in [0.3, 0.4) is 0 Å². The van der Waals surface area contributed by atoms with Crippen LogP contribution in [-0.4, -0.2) is 21.9 Å². The molecule has 1 aromatic heterocycles. The molecule has 1 heterocycles. The Kier molecular flexibility index (Phi) is 4.70. The molecule has 0 saturated carbocycles. The zero-order chi connectivity index (χ0) is 16.9. The Morgan fingerprint density at radius 1 is 1.04 bits per heavy atom. The first-order chi connectivity index (χ1) is 11.7. The van der Waals surface area contributed by atoms with Gasteiger partial charge in [-0.25, -0.2) is 9.97 Å². The Hall–Kier alpha value is -2.95. The number of para-hydroxylation sites is 2. The zero-order valence-electron chi connectivity index (χ0n) is 13.8. The maximum absolute atomic E-state index is 12.4. The van der Waals surface area contributed by atoms with Crippen LogP contribution >= 0.6 is 0 Å². The van der Waals surface area contributed by atoms with Crippen LogP contribution in [0.4, 0.5) is 11.5 Å². The number of fused-ring (bicyclic) bond motifs is 1. The molecule has 2 N–H and O–H groups in total. The fraction of sp³-hybridized carbons (Fsp3) is 0.211. The fourth-order valence-corrected chi connectivity index (χ4v) is 2.32. The number of amides is 1. The maximum Gasteiger partial charge on any atom is 0.289 e. The van der Waals surface area contributed by atoms with Gasteiger partial charge in [-0.1, -0.05) is 37.3 Å². The van der Waals surface area contributed by atoms with Crippen molar-refractivity contribution < 1.29 is 4.79 Å². The van der Waals surface area contributed by atoms with E-state index in [1.54, 1.807) is 0 Å². The van der Waals surface area contributed by atoms with Crippen molar-refractivity contribution in [1.29, 1.82) is 0 Å². The predicted octanol–water partition coefficient (Wildman–Crippen LogP) is 3.90. The molecule has 0 fully saturated rings. The third-order valence-corrected chi connectivity index (χ3v) is 3.83. The van der Waals surface area contributed by atoms with Crippen LogP contribution in [0.5, 0.6) is 0 Å². The molecule has 24 heavy (non-hydrogen) atoms. The third kappa shape index (κ3) is 3.51.